The van der Waals surface area contributed by atoms with Crippen LogP contribution in [0.15, 0.2) is 0 Å². The molecule has 0 bridgehead atoms. The predicted molar refractivity (Wildman–Crippen MR) is 60.2 cm³/mol. The second-order valence-electron chi connectivity index (χ2n) is 4.06. The Morgan fingerprint density at radius 1 is 1.60 bits per heavy atom. The van der Waals surface area contributed by atoms with Crippen molar-refractivity contribution in [3.63, 3.8) is 0 Å². The number of ether oxygens (including phenoxy) is 1. The molecule has 4 heteroatoms. The standard InChI is InChI=1S/C11H19N3O/c1-3-6-12-11-9-7-8(15-2)4-5-10(9)13-14-11/h8H,3-7H2,1-2H3,(H2,12,13,14). The van der Waals surface area contributed by atoms with E-state index in [0.717, 1.165) is 38.0 Å². The van der Waals surface area contributed by atoms with Gasteiger partial charge in [0.25, 0.3) is 0 Å². The summed E-state index contributed by atoms with van der Waals surface area (Å²) in [5.41, 5.74) is 2.60. The summed E-state index contributed by atoms with van der Waals surface area (Å²) in [6, 6.07) is 0. The molecule has 1 aliphatic carbocycles. The first-order chi connectivity index (χ1) is 7.35. The first-order valence-electron chi connectivity index (χ1n) is 5.68. The number of H-pyrrole nitrogens is 1. The molecule has 0 aliphatic heterocycles. The third kappa shape index (κ3) is 2.15. The number of anilines is 1. The van der Waals surface area contributed by atoms with Gasteiger partial charge in [-0.25, -0.2) is 0 Å². The summed E-state index contributed by atoms with van der Waals surface area (Å²) in [5.74, 6) is 1.02. The van der Waals surface area contributed by atoms with Crippen LogP contribution in [0, 0.1) is 0 Å². The molecule has 0 spiro atoms. The van der Waals surface area contributed by atoms with E-state index in [9.17, 15) is 0 Å². The molecule has 1 aromatic rings. The summed E-state index contributed by atoms with van der Waals surface area (Å²) in [7, 11) is 1.79. The van der Waals surface area contributed by atoms with E-state index in [2.05, 4.69) is 22.4 Å². The van der Waals surface area contributed by atoms with Crippen molar-refractivity contribution in [1.29, 1.82) is 0 Å². The number of hydrogen-bond donors (Lipinski definition) is 2. The fourth-order valence-electron chi connectivity index (χ4n) is 2.05. The molecule has 1 atom stereocenters. The Bertz CT molecular complexity index is 322. The normalized spacial score (nSPS) is 20.0. The molecular weight excluding hydrogens is 190 g/mol. The summed E-state index contributed by atoms with van der Waals surface area (Å²) < 4.78 is 5.41. The van der Waals surface area contributed by atoms with Crippen LogP contribution in [-0.4, -0.2) is 30.0 Å². The van der Waals surface area contributed by atoms with Gasteiger partial charge in [-0.2, -0.15) is 5.10 Å². The van der Waals surface area contributed by atoms with Gasteiger partial charge < -0.3 is 10.1 Å². The lowest BCUT2D eigenvalue weighted by Crippen LogP contribution is -2.21. The van der Waals surface area contributed by atoms with Crippen molar-refractivity contribution < 1.29 is 4.74 Å². The molecule has 84 valence electrons. The molecule has 2 N–H and O–H groups in total. The number of hydrogen-bond acceptors (Lipinski definition) is 3. The molecular formula is C11H19N3O. The van der Waals surface area contributed by atoms with Gasteiger partial charge in [0.05, 0.1) is 6.10 Å². The highest BCUT2D eigenvalue weighted by atomic mass is 16.5. The van der Waals surface area contributed by atoms with E-state index in [1.807, 2.05) is 0 Å². The third-order valence-electron chi connectivity index (χ3n) is 2.98. The van der Waals surface area contributed by atoms with Crippen LogP contribution >= 0.6 is 0 Å². The number of fused-ring (bicyclic) bond motifs is 1. The Labute approximate surface area is 90.4 Å². The van der Waals surface area contributed by atoms with Crippen LogP contribution in [0.25, 0.3) is 0 Å². The van der Waals surface area contributed by atoms with Gasteiger partial charge in [-0.15, -0.1) is 0 Å². The van der Waals surface area contributed by atoms with E-state index < -0.39 is 0 Å². The first-order valence-corrected chi connectivity index (χ1v) is 5.68. The number of rotatable bonds is 4. The maximum atomic E-state index is 5.41. The summed E-state index contributed by atoms with van der Waals surface area (Å²) >= 11 is 0. The van der Waals surface area contributed by atoms with E-state index in [-0.39, 0.29) is 0 Å². The fraction of sp³-hybridized carbons (Fsp3) is 0.727. The van der Waals surface area contributed by atoms with Gasteiger partial charge in [0.2, 0.25) is 0 Å². The zero-order valence-electron chi connectivity index (χ0n) is 9.47. The predicted octanol–water partition coefficient (Wildman–Crippen LogP) is 1.74. The number of aryl methyl sites for hydroxylation is 1. The first kappa shape index (κ1) is 10.5. The zero-order chi connectivity index (χ0) is 10.7. The quantitative estimate of drug-likeness (QED) is 0.794. The lowest BCUT2D eigenvalue weighted by atomic mass is 9.95. The topological polar surface area (TPSA) is 49.9 Å². The van der Waals surface area contributed by atoms with Gasteiger partial charge in [-0.1, -0.05) is 6.92 Å². The van der Waals surface area contributed by atoms with Crippen LogP contribution in [-0.2, 0) is 17.6 Å². The van der Waals surface area contributed by atoms with Gasteiger partial charge in [0, 0.05) is 31.3 Å². The average molecular weight is 209 g/mol. The number of nitrogens with zero attached hydrogens (tertiary/aromatic N) is 1. The highest BCUT2D eigenvalue weighted by molar-refractivity contribution is 5.48. The van der Waals surface area contributed by atoms with Crippen molar-refractivity contribution in [2.24, 2.45) is 0 Å². The van der Waals surface area contributed by atoms with Crippen LogP contribution in [0.5, 0.6) is 0 Å². The number of nitrogens with one attached hydrogen (secondary N) is 2. The second-order valence-corrected chi connectivity index (χ2v) is 4.06. The third-order valence-corrected chi connectivity index (χ3v) is 2.98. The van der Waals surface area contributed by atoms with E-state index in [0.29, 0.717) is 6.10 Å². The van der Waals surface area contributed by atoms with Crippen LogP contribution < -0.4 is 5.32 Å². The molecule has 0 saturated heterocycles. The minimum Gasteiger partial charge on any atom is -0.381 e. The number of methoxy groups -OCH3 is 1. The van der Waals surface area contributed by atoms with Gasteiger partial charge in [0.1, 0.15) is 0 Å². The molecule has 0 amide bonds. The highest BCUT2D eigenvalue weighted by Crippen LogP contribution is 2.26. The van der Waals surface area contributed by atoms with Gasteiger partial charge in [0.15, 0.2) is 5.82 Å². The highest BCUT2D eigenvalue weighted by Gasteiger charge is 2.23. The molecule has 2 rings (SSSR count). The van der Waals surface area contributed by atoms with Crippen molar-refractivity contribution in [2.45, 2.75) is 38.7 Å². The molecule has 1 unspecified atom stereocenters. The van der Waals surface area contributed by atoms with Crippen molar-refractivity contribution in [3.8, 4) is 0 Å². The molecule has 4 nitrogen and oxygen atoms in total. The van der Waals surface area contributed by atoms with Crippen molar-refractivity contribution in [2.75, 3.05) is 19.0 Å². The lowest BCUT2D eigenvalue weighted by Gasteiger charge is -2.20. The van der Waals surface area contributed by atoms with Gasteiger partial charge in [-0.05, 0) is 19.3 Å². The Hall–Kier alpha value is -1.03. The molecule has 15 heavy (non-hydrogen) atoms. The molecule has 0 saturated carbocycles. The van der Waals surface area contributed by atoms with E-state index in [4.69, 9.17) is 4.74 Å². The SMILES string of the molecule is CCCNc1n[nH]c2c1CC(OC)CC2. The molecule has 1 aliphatic rings. The van der Waals surface area contributed by atoms with Crippen LogP contribution in [0.1, 0.15) is 31.0 Å². The van der Waals surface area contributed by atoms with Gasteiger partial charge >= 0.3 is 0 Å². The monoisotopic (exact) mass is 209 g/mol. The molecule has 0 radical (unpaired) electrons. The van der Waals surface area contributed by atoms with Crippen LogP contribution in [0.4, 0.5) is 5.82 Å². The molecule has 0 fully saturated rings. The maximum Gasteiger partial charge on any atom is 0.151 e. The minimum atomic E-state index is 0.359. The molecule has 1 aromatic heterocycles. The van der Waals surface area contributed by atoms with Gasteiger partial charge in [-0.3, -0.25) is 5.10 Å². The van der Waals surface area contributed by atoms with Crippen molar-refractivity contribution in [1.82, 2.24) is 10.2 Å². The van der Waals surface area contributed by atoms with Crippen LogP contribution in [0.3, 0.4) is 0 Å². The van der Waals surface area contributed by atoms with E-state index >= 15 is 0 Å². The molecule has 0 aromatic carbocycles. The summed E-state index contributed by atoms with van der Waals surface area (Å²) in [6.45, 7) is 3.14. The van der Waals surface area contributed by atoms with Crippen LogP contribution in [0.2, 0.25) is 0 Å². The summed E-state index contributed by atoms with van der Waals surface area (Å²) in [5, 5.41) is 10.8. The smallest absolute Gasteiger partial charge is 0.151 e. The van der Waals surface area contributed by atoms with Crippen molar-refractivity contribution in [3.05, 3.63) is 11.3 Å². The van der Waals surface area contributed by atoms with E-state index in [1.54, 1.807) is 7.11 Å². The largest absolute Gasteiger partial charge is 0.381 e. The Morgan fingerprint density at radius 2 is 2.47 bits per heavy atom. The zero-order valence-corrected chi connectivity index (χ0v) is 9.47. The lowest BCUT2D eigenvalue weighted by molar-refractivity contribution is 0.0910. The minimum absolute atomic E-state index is 0.359. The Balaban J connectivity index is 2.10. The Kier molecular flexibility index (Phi) is 3.26. The molecule has 1 heterocycles. The second kappa shape index (κ2) is 4.66. The maximum absolute atomic E-state index is 5.41. The summed E-state index contributed by atoms with van der Waals surface area (Å²) in [6.07, 6.45) is 4.61. The number of aromatic nitrogens is 2. The summed E-state index contributed by atoms with van der Waals surface area (Å²) in [4.78, 5) is 0. The average Bonchev–Trinajstić information content (AvgIpc) is 2.68. The Morgan fingerprint density at radius 3 is 3.20 bits per heavy atom. The number of aromatic amines is 1. The van der Waals surface area contributed by atoms with Crippen molar-refractivity contribution >= 4 is 5.82 Å². The fourth-order valence-corrected chi connectivity index (χ4v) is 2.05. The van der Waals surface area contributed by atoms with E-state index in [1.165, 1.54) is 11.3 Å².